The maximum absolute atomic E-state index is 4.07. The third kappa shape index (κ3) is 3.15. The van der Waals surface area contributed by atoms with E-state index in [0.717, 1.165) is 30.8 Å². The first-order valence-electron chi connectivity index (χ1n) is 7.64. The van der Waals surface area contributed by atoms with Gasteiger partial charge in [0.05, 0.1) is 0 Å². The van der Waals surface area contributed by atoms with Gasteiger partial charge in [-0.25, -0.2) is 0 Å². The molecule has 3 nitrogen and oxygen atoms in total. The maximum atomic E-state index is 4.07. The Labute approximate surface area is 116 Å². The Kier molecular flexibility index (Phi) is 4.14. The number of nitrogens with zero attached hydrogens (tertiary/aromatic N) is 2. The van der Waals surface area contributed by atoms with Crippen LogP contribution in [0.4, 0.5) is 0 Å². The largest absolute Gasteiger partial charge is 0.312 e. The van der Waals surface area contributed by atoms with Gasteiger partial charge in [0.1, 0.15) is 0 Å². The number of fused-ring (bicyclic) bond motifs is 1. The Morgan fingerprint density at radius 3 is 3.00 bits per heavy atom. The molecule has 2 aliphatic rings. The number of hydrogen-bond donors (Lipinski definition) is 1. The van der Waals surface area contributed by atoms with Crippen molar-refractivity contribution in [3.05, 3.63) is 30.1 Å². The van der Waals surface area contributed by atoms with Crippen LogP contribution in [0, 0.1) is 11.8 Å². The van der Waals surface area contributed by atoms with Crippen molar-refractivity contribution < 1.29 is 0 Å². The second-order valence-electron chi connectivity index (χ2n) is 6.24. The predicted octanol–water partition coefficient (Wildman–Crippen LogP) is 1.94. The highest BCUT2D eigenvalue weighted by molar-refractivity contribution is 5.09. The molecule has 0 amide bonds. The molecule has 104 valence electrons. The van der Waals surface area contributed by atoms with E-state index >= 15 is 0 Å². The molecule has 1 aliphatic carbocycles. The van der Waals surface area contributed by atoms with Crippen molar-refractivity contribution in [3.63, 3.8) is 0 Å². The number of likely N-dealkylation sites (N-methyl/N-ethyl adjacent to an activating group) is 1. The molecule has 2 fully saturated rings. The number of pyridine rings is 1. The van der Waals surface area contributed by atoms with Gasteiger partial charge in [0.2, 0.25) is 0 Å². The highest BCUT2D eigenvalue weighted by Crippen LogP contribution is 2.37. The van der Waals surface area contributed by atoms with Crippen LogP contribution in [-0.4, -0.2) is 42.6 Å². The van der Waals surface area contributed by atoms with Crippen LogP contribution in [-0.2, 0) is 6.42 Å². The van der Waals surface area contributed by atoms with E-state index in [4.69, 9.17) is 0 Å². The standard InChI is InChI=1S/C16H25N3/c1-19(10-7-13-5-8-17-9-6-13)12-16-15-4-2-3-14(15)11-18-16/h5-6,8-9,14-16,18H,2-4,7,10-12H2,1H3. The summed E-state index contributed by atoms with van der Waals surface area (Å²) in [7, 11) is 2.26. The fourth-order valence-corrected chi connectivity index (χ4v) is 3.80. The molecule has 1 saturated heterocycles. The Morgan fingerprint density at radius 1 is 1.32 bits per heavy atom. The minimum absolute atomic E-state index is 0.731. The van der Waals surface area contributed by atoms with Crippen LogP contribution in [0.2, 0.25) is 0 Å². The zero-order valence-corrected chi connectivity index (χ0v) is 11.9. The fraction of sp³-hybridized carbons (Fsp3) is 0.688. The third-order valence-electron chi connectivity index (χ3n) is 4.92. The Morgan fingerprint density at radius 2 is 2.16 bits per heavy atom. The summed E-state index contributed by atoms with van der Waals surface area (Å²) < 4.78 is 0. The van der Waals surface area contributed by atoms with Gasteiger partial charge in [-0.3, -0.25) is 4.98 Å². The van der Waals surface area contributed by atoms with Crippen molar-refractivity contribution in [2.24, 2.45) is 11.8 Å². The zero-order chi connectivity index (χ0) is 13.1. The molecule has 0 radical (unpaired) electrons. The molecule has 3 heteroatoms. The monoisotopic (exact) mass is 259 g/mol. The van der Waals surface area contributed by atoms with Crippen LogP contribution < -0.4 is 5.32 Å². The first kappa shape index (κ1) is 13.1. The zero-order valence-electron chi connectivity index (χ0n) is 11.9. The molecule has 0 aromatic carbocycles. The Bertz CT molecular complexity index is 392. The van der Waals surface area contributed by atoms with Crippen molar-refractivity contribution in [1.29, 1.82) is 0 Å². The highest BCUT2D eigenvalue weighted by atomic mass is 15.1. The smallest absolute Gasteiger partial charge is 0.0270 e. The lowest BCUT2D eigenvalue weighted by atomic mass is 9.94. The summed E-state index contributed by atoms with van der Waals surface area (Å²) >= 11 is 0. The number of nitrogens with one attached hydrogen (secondary N) is 1. The van der Waals surface area contributed by atoms with Gasteiger partial charge in [0.15, 0.2) is 0 Å². The first-order chi connectivity index (χ1) is 9.33. The Balaban J connectivity index is 1.45. The van der Waals surface area contributed by atoms with Crippen LogP contribution in [0.15, 0.2) is 24.5 Å². The molecule has 1 aromatic rings. The van der Waals surface area contributed by atoms with Crippen molar-refractivity contribution in [2.45, 2.75) is 31.7 Å². The van der Waals surface area contributed by atoms with Crippen molar-refractivity contribution in [2.75, 3.05) is 26.7 Å². The second-order valence-corrected chi connectivity index (χ2v) is 6.24. The van der Waals surface area contributed by atoms with Crippen LogP contribution in [0.5, 0.6) is 0 Å². The van der Waals surface area contributed by atoms with Crippen LogP contribution >= 0.6 is 0 Å². The molecule has 2 heterocycles. The second kappa shape index (κ2) is 6.02. The minimum atomic E-state index is 0.731. The van der Waals surface area contributed by atoms with Gasteiger partial charge in [-0.2, -0.15) is 0 Å². The van der Waals surface area contributed by atoms with E-state index in [2.05, 4.69) is 34.4 Å². The number of aromatic nitrogens is 1. The average Bonchev–Trinajstić information content (AvgIpc) is 3.03. The molecule has 3 rings (SSSR count). The predicted molar refractivity (Wildman–Crippen MR) is 78.1 cm³/mol. The summed E-state index contributed by atoms with van der Waals surface area (Å²) in [6.45, 7) is 3.60. The summed E-state index contributed by atoms with van der Waals surface area (Å²) in [5.41, 5.74) is 1.39. The minimum Gasteiger partial charge on any atom is -0.312 e. The number of rotatable bonds is 5. The summed E-state index contributed by atoms with van der Waals surface area (Å²) in [6, 6.07) is 4.97. The molecule has 3 unspecified atom stereocenters. The van der Waals surface area contributed by atoms with Crippen molar-refractivity contribution in [1.82, 2.24) is 15.2 Å². The van der Waals surface area contributed by atoms with Gasteiger partial charge >= 0.3 is 0 Å². The molecule has 1 aromatic heterocycles. The lowest BCUT2D eigenvalue weighted by Gasteiger charge is -2.25. The summed E-state index contributed by atoms with van der Waals surface area (Å²) in [6.07, 6.45) is 9.25. The van der Waals surface area contributed by atoms with E-state index < -0.39 is 0 Å². The molecule has 0 spiro atoms. The van der Waals surface area contributed by atoms with E-state index in [1.165, 1.54) is 37.9 Å². The highest BCUT2D eigenvalue weighted by Gasteiger charge is 2.38. The normalized spacial score (nSPS) is 29.9. The molecule has 1 N–H and O–H groups in total. The molecular formula is C16H25N3. The maximum Gasteiger partial charge on any atom is 0.0270 e. The van der Waals surface area contributed by atoms with E-state index in [9.17, 15) is 0 Å². The van der Waals surface area contributed by atoms with Crippen molar-refractivity contribution in [3.8, 4) is 0 Å². The molecule has 1 saturated carbocycles. The van der Waals surface area contributed by atoms with Gasteiger partial charge in [-0.05, 0) is 62.4 Å². The van der Waals surface area contributed by atoms with Gasteiger partial charge in [-0.15, -0.1) is 0 Å². The van der Waals surface area contributed by atoms with E-state index in [1.807, 2.05) is 12.4 Å². The molecule has 1 aliphatic heterocycles. The van der Waals surface area contributed by atoms with Gasteiger partial charge in [-0.1, -0.05) is 6.42 Å². The summed E-state index contributed by atoms with van der Waals surface area (Å²) in [5.74, 6) is 1.92. The van der Waals surface area contributed by atoms with E-state index in [-0.39, 0.29) is 0 Å². The van der Waals surface area contributed by atoms with Crippen molar-refractivity contribution >= 4 is 0 Å². The molecule has 19 heavy (non-hydrogen) atoms. The lowest BCUT2D eigenvalue weighted by Crippen LogP contribution is -2.39. The number of hydrogen-bond acceptors (Lipinski definition) is 3. The van der Waals surface area contributed by atoms with Gasteiger partial charge in [0, 0.05) is 31.5 Å². The average molecular weight is 259 g/mol. The topological polar surface area (TPSA) is 28.2 Å². The van der Waals surface area contributed by atoms with Gasteiger partial charge in [0.25, 0.3) is 0 Å². The quantitative estimate of drug-likeness (QED) is 0.876. The van der Waals surface area contributed by atoms with Crippen LogP contribution in [0.3, 0.4) is 0 Å². The van der Waals surface area contributed by atoms with E-state index in [0.29, 0.717) is 0 Å². The molecule has 0 bridgehead atoms. The third-order valence-corrected chi connectivity index (χ3v) is 4.92. The summed E-state index contributed by atoms with van der Waals surface area (Å²) in [4.78, 5) is 6.55. The fourth-order valence-electron chi connectivity index (χ4n) is 3.80. The SMILES string of the molecule is CN(CCc1ccncc1)CC1NCC2CCCC21. The lowest BCUT2D eigenvalue weighted by molar-refractivity contribution is 0.268. The van der Waals surface area contributed by atoms with Gasteiger partial charge < -0.3 is 10.2 Å². The molecular weight excluding hydrogens is 234 g/mol. The van der Waals surface area contributed by atoms with Crippen LogP contribution in [0.25, 0.3) is 0 Å². The Hall–Kier alpha value is -0.930. The van der Waals surface area contributed by atoms with Crippen LogP contribution in [0.1, 0.15) is 24.8 Å². The van der Waals surface area contributed by atoms with E-state index in [1.54, 1.807) is 0 Å². The molecule has 3 atom stereocenters. The first-order valence-corrected chi connectivity index (χ1v) is 7.64. The summed E-state index contributed by atoms with van der Waals surface area (Å²) in [5, 5.41) is 3.74.